The molecule has 0 spiro atoms. The number of nitrogens with two attached hydrogens (primary N) is 1. The van der Waals surface area contributed by atoms with Crippen LogP contribution in [0.1, 0.15) is 95.5 Å². The van der Waals surface area contributed by atoms with Gasteiger partial charge in [-0.1, -0.05) is 52.4 Å². The first-order valence-corrected chi connectivity index (χ1v) is 9.12. The van der Waals surface area contributed by atoms with E-state index in [-0.39, 0.29) is 0 Å². The summed E-state index contributed by atoms with van der Waals surface area (Å²) in [7, 11) is 0. The summed E-state index contributed by atoms with van der Waals surface area (Å²) in [5, 5.41) is 0. The van der Waals surface area contributed by atoms with Crippen molar-refractivity contribution in [2.75, 3.05) is 5.73 Å². The van der Waals surface area contributed by atoms with E-state index in [4.69, 9.17) is 10.7 Å². The Morgan fingerprint density at radius 1 is 1.05 bits per heavy atom. The zero-order valence-electron chi connectivity index (χ0n) is 14.0. The van der Waals surface area contributed by atoms with Gasteiger partial charge >= 0.3 is 0 Å². The van der Waals surface area contributed by atoms with Crippen LogP contribution in [-0.2, 0) is 13.0 Å². The molecule has 2 N–H and O–H groups in total. The quantitative estimate of drug-likeness (QED) is 0.647. The molecule has 1 aromatic rings. The number of anilines is 1. The van der Waals surface area contributed by atoms with Crippen molar-refractivity contribution in [3.05, 3.63) is 11.5 Å². The number of aromatic nitrogens is 2. The van der Waals surface area contributed by atoms with Gasteiger partial charge in [0.15, 0.2) is 0 Å². The molecule has 0 aliphatic heterocycles. The lowest BCUT2D eigenvalue weighted by Crippen LogP contribution is -2.09. The van der Waals surface area contributed by atoms with Crippen molar-refractivity contribution >= 4 is 5.82 Å². The van der Waals surface area contributed by atoms with Crippen LogP contribution in [0.15, 0.2) is 0 Å². The van der Waals surface area contributed by atoms with E-state index in [1.807, 2.05) is 0 Å². The van der Waals surface area contributed by atoms with E-state index >= 15 is 0 Å². The number of aryl methyl sites for hydroxylation is 1. The summed E-state index contributed by atoms with van der Waals surface area (Å²) >= 11 is 0. The van der Waals surface area contributed by atoms with Crippen LogP contribution in [0.4, 0.5) is 5.82 Å². The lowest BCUT2D eigenvalue weighted by atomic mass is 10.1. The molecule has 1 aliphatic carbocycles. The lowest BCUT2D eigenvalue weighted by molar-refractivity contribution is 0.578. The molecule has 0 aromatic carbocycles. The normalized spacial score (nSPS) is 15.9. The Labute approximate surface area is 130 Å². The summed E-state index contributed by atoms with van der Waals surface area (Å²) in [6.45, 7) is 5.51. The zero-order valence-corrected chi connectivity index (χ0v) is 14.0. The van der Waals surface area contributed by atoms with Gasteiger partial charge in [-0.2, -0.15) is 0 Å². The molecule has 1 fully saturated rings. The molecule has 0 amide bonds. The second kappa shape index (κ2) is 8.45. The van der Waals surface area contributed by atoms with Gasteiger partial charge in [0.05, 0.1) is 5.69 Å². The van der Waals surface area contributed by atoms with E-state index < -0.39 is 0 Å². The maximum atomic E-state index is 6.40. The molecular weight excluding hydrogens is 258 g/mol. The Morgan fingerprint density at radius 2 is 1.76 bits per heavy atom. The highest BCUT2D eigenvalue weighted by molar-refractivity contribution is 5.39. The highest BCUT2D eigenvalue weighted by atomic mass is 15.1. The molecule has 0 atom stereocenters. The number of rotatable bonds is 9. The third kappa shape index (κ3) is 4.24. The van der Waals surface area contributed by atoms with Gasteiger partial charge in [-0.3, -0.25) is 0 Å². The first-order chi connectivity index (χ1) is 10.3. The Hall–Kier alpha value is -0.990. The summed E-state index contributed by atoms with van der Waals surface area (Å²) in [5.41, 5.74) is 7.57. The largest absolute Gasteiger partial charge is 0.384 e. The van der Waals surface area contributed by atoms with Gasteiger partial charge < -0.3 is 10.3 Å². The number of unbranched alkanes of at least 4 members (excludes halogenated alkanes) is 4. The highest BCUT2D eigenvalue weighted by Gasteiger charge is 2.24. The topological polar surface area (TPSA) is 43.8 Å². The third-order valence-electron chi connectivity index (χ3n) is 4.80. The SMILES string of the molecule is CCCCCCCc1nc(C2CCCC2)n(CCC)c1N. The minimum Gasteiger partial charge on any atom is -0.384 e. The van der Waals surface area contributed by atoms with E-state index in [1.54, 1.807) is 0 Å². The molecule has 3 nitrogen and oxygen atoms in total. The smallest absolute Gasteiger partial charge is 0.126 e. The van der Waals surface area contributed by atoms with Crippen molar-refractivity contribution in [3.8, 4) is 0 Å². The molecule has 0 saturated heterocycles. The molecule has 1 heterocycles. The molecule has 3 heteroatoms. The van der Waals surface area contributed by atoms with Crippen molar-refractivity contribution in [1.82, 2.24) is 9.55 Å². The Bertz CT molecular complexity index is 416. The molecule has 0 radical (unpaired) electrons. The summed E-state index contributed by atoms with van der Waals surface area (Å²) in [6.07, 6.45) is 14.1. The average molecular weight is 291 g/mol. The lowest BCUT2D eigenvalue weighted by Gasteiger charge is -2.12. The van der Waals surface area contributed by atoms with Gasteiger partial charge in [0.1, 0.15) is 11.6 Å². The van der Waals surface area contributed by atoms with E-state index in [2.05, 4.69) is 18.4 Å². The van der Waals surface area contributed by atoms with Crippen LogP contribution in [0.2, 0.25) is 0 Å². The van der Waals surface area contributed by atoms with E-state index in [1.165, 1.54) is 69.3 Å². The number of hydrogen-bond acceptors (Lipinski definition) is 2. The minimum atomic E-state index is 0.660. The molecular formula is C18H33N3. The monoisotopic (exact) mass is 291 g/mol. The average Bonchev–Trinajstić information content (AvgIpc) is 3.10. The predicted molar refractivity (Wildman–Crippen MR) is 90.6 cm³/mol. The van der Waals surface area contributed by atoms with Crippen molar-refractivity contribution in [2.45, 2.75) is 96.9 Å². The van der Waals surface area contributed by atoms with Gasteiger partial charge in [-0.25, -0.2) is 4.98 Å². The predicted octanol–water partition coefficient (Wildman–Crippen LogP) is 5.05. The molecule has 1 saturated carbocycles. The summed E-state index contributed by atoms with van der Waals surface area (Å²) in [6, 6.07) is 0. The number of hydrogen-bond donors (Lipinski definition) is 1. The first kappa shape index (κ1) is 16.4. The van der Waals surface area contributed by atoms with E-state index in [0.717, 1.165) is 25.2 Å². The van der Waals surface area contributed by atoms with E-state index in [0.29, 0.717) is 5.92 Å². The number of nitrogens with zero attached hydrogens (tertiary/aromatic N) is 2. The van der Waals surface area contributed by atoms with Crippen LogP contribution in [0, 0.1) is 0 Å². The van der Waals surface area contributed by atoms with Gasteiger partial charge in [0.25, 0.3) is 0 Å². The Morgan fingerprint density at radius 3 is 2.43 bits per heavy atom. The molecule has 2 rings (SSSR count). The fourth-order valence-electron chi connectivity index (χ4n) is 3.57. The fraction of sp³-hybridized carbons (Fsp3) is 0.833. The van der Waals surface area contributed by atoms with Gasteiger partial charge in [0, 0.05) is 12.5 Å². The molecule has 1 aromatic heterocycles. The number of nitrogen functional groups attached to an aromatic ring is 1. The standard InChI is InChI=1S/C18H33N3/c1-3-5-6-7-8-13-16-17(19)21(14-4-2)18(20-16)15-11-9-10-12-15/h15H,3-14,19H2,1-2H3. The van der Waals surface area contributed by atoms with Crippen molar-refractivity contribution in [2.24, 2.45) is 0 Å². The Balaban J connectivity index is 2.01. The molecule has 21 heavy (non-hydrogen) atoms. The van der Waals surface area contributed by atoms with Gasteiger partial charge in [-0.15, -0.1) is 0 Å². The van der Waals surface area contributed by atoms with Crippen LogP contribution in [-0.4, -0.2) is 9.55 Å². The summed E-state index contributed by atoms with van der Waals surface area (Å²) in [4.78, 5) is 4.97. The Kier molecular flexibility index (Phi) is 6.59. The fourth-order valence-corrected chi connectivity index (χ4v) is 3.57. The first-order valence-electron chi connectivity index (χ1n) is 9.12. The van der Waals surface area contributed by atoms with Crippen LogP contribution in [0.25, 0.3) is 0 Å². The van der Waals surface area contributed by atoms with Gasteiger partial charge in [-0.05, 0) is 32.1 Å². The van der Waals surface area contributed by atoms with Crippen molar-refractivity contribution in [1.29, 1.82) is 0 Å². The van der Waals surface area contributed by atoms with Gasteiger partial charge in [0.2, 0.25) is 0 Å². The summed E-state index contributed by atoms with van der Waals surface area (Å²) < 4.78 is 2.32. The van der Waals surface area contributed by atoms with Crippen molar-refractivity contribution in [3.63, 3.8) is 0 Å². The highest BCUT2D eigenvalue weighted by Crippen LogP contribution is 2.35. The van der Waals surface area contributed by atoms with E-state index in [9.17, 15) is 0 Å². The maximum Gasteiger partial charge on any atom is 0.126 e. The van der Waals surface area contributed by atoms with Crippen LogP contribution in [0.3, 0.4) is 0 Å². The second-order valence-corrected chi connectivity index (χ2v) is 6.60. The second-order valence-electron chi connectivity index (χ2n) is 6.60. The maximum absolute atomic E-state index is 6.40. The third-order valence-corrected chi connectivity index (χ3v) is 4.80. The zero-order chi connectivity index (χ0) is 15.1. The van der Waals surface area contributed by atoms with Crippen LogP contribution in [0.5, 0.6) is 0 Å². The summed E-state index contributed by atoms with van der Waals surface area (Å²) in [5.74, 6) is 2.90. The van der Waals surface area contributed by atoms with Crippen LogP contribution < -0.4 is 5.73 Å². The number of imidazole rings is 1. The van der Waals surface area contributed by atoms with Crippen LogP contribution >= 0.6 is 0 Å². The van der Waals surface area contributed by atoms with Crippen molar-refractivity contribution < 1.29 is 0 Å². The minimum absolute atomic E-state index is 0.660. The molecule has 0 bridgehead atoms. The molecule has 0 unspecified atom stereocenters. The molecule has 1 aliphatic rings. The molecule has 120 valence electrons.